The molecule has 0 bridgehead atoms. The first-order chi connectivity index (χ1) is 15.9. The molecule has 0 saturated heterocycles. The van der Waals surface area contributed by atoms with Gasteiger partial charge in [0.25, 0.3) is 5.91 Å². The van der Waals surface area contributed by atoms with Gasteiger partial charge in [-0.05, 0) is 42.5 Å². The number of carbonyl (C=O) groups is 2. The number of ether oxygens (including phenoxy) is 1. The minimum Gasteiger partial charge on any atom is -0.496 e. The molecule has 0 aliphatic carbocycles. The lowest BCUT2D eigenvalue weighted by Crippen LogP contribution is -2.30. The minimum atomic E-state index is -1.31. The smallest absolute Gasteiger partial charge is 0.353 e. The normalized spacial score (nSPS) is 10.7. The fourth-order valence-corrected chi connectivity index (χ4v) is 3.90. The van der Waals surface area contributed by atoms with Gasteiger partial charge in [0.1, 0.15) is 11.4 Å². The summed E-state index contributed by atoms with van der Waals surface area (Å²) in [4.78, 5) is 38.5. The van der Waals surface area contributed by atoms with E-state index in [1.807, 2.05) is 0 Å². The van der Waals surface area contributed by atoms with Crippen molar-refractivity contribution in [2.75, 3.05) is 7.11 Å². The number of para-hydroxylation sites is 2. The van der Waals surface area contributed by atoms with E-state index < -0.39 is 17.3 Å². The van der Waals surface area contributed by atoms with Crippen molar-refractivity contribution < 1.29 is 19.4 Å². The predicted octanol–water partition coefficient (Wildman–Crippen LogP) is 4.28. The summed E-state index contributed by atoms with van der Waals surface area (Å²) in [5, 5.41) is 13.4. The first kappa shape index (κ1) is 22.1. The highest BCUT2D eigenvalue weighted by molar-refractivity contribution is 6.31. The van der Waals surface area contributed by atoms with E-state index in [0.29, 0.717) is 22.0 Å². The van der Waals surface area contributed by atoms with Crippen molar-refractivity contribution in [3.8, 4) is 11.4 Å². The Bertz CT molecular complexity index is 1430. The van der Waals surface area contributed by atoms with Crippen molar-refractivity contribution in [3.63, 3.8) is 0 Å². The third-order valence-corrected chi connectivity index (χ3v) is 5.46. The van der Waals surface area contributed by atoms with Crippen LogP contribution in [0.1, 0.15) is 26.4 Å². The number of amides is 1. The second-order valence-corrected chi connectivity index (χ2v) is 7.61. The molecule has 0 unspecified atom stereocenters. The van der Waals surface area contributed by atoms with Crippen LogP contribution in [-0.2, 0) is 6.54 Å². The number of carbonyl (C=O) groups excluding carboxylic acids is 1. The molecule has 0 radical (unpaired) electrons. The number of benzene rings is 3. The van der Waals surface area contributed by atoms with Crippen molar-refractivity contribution in [1.82, 2.24) is 9.88 Å². The van der Waals surface area contributed by atoms with E-state index in [9.17, 15) is 19.5 Å². The van der Waals surface area contributed by atoms with Crippen molar-refractivity contribution in [2.24, 2.45) is 0 Å². The van der Waals surface area contributed by atoms with E-state index in [1.54, 1.807) is 72.8 Å². The quantitative estimate of drug-likeness (QED) is 0.445. The zero-order valence-corrected chi connectivity index (χ0v) is 18.3. The lowest BCUT2D eigenvalue weighted by Gasteiger charge is -2.19. The van der Waals surface area contributed by atoms with Gasteiger partial charge in [-0.3, -0.25) is 9.59 Å². The number of nitrogens with one attached hydrogen (secondary N) is 1. The van der Waals surface area contributed by atoms with E-state index in [0.717, 1.165) is 0 Å². The molecule has 0 fully saturated rings. The molecule has 1 amide bonds. The van der Waals surface area contributed by atoms with Crippen LogP contribution in [0.25, 0.3) is 16.6 Å². The number of aromatic carboxylic acids is 1. The molecule has 1 aromatic heterocycles. The van der Waals surface area contributed by atoms with Gasteiger partial charge in [-0.1, -0.05) is 41.9 Å². The van der Waals surface area contributed by atoms with E-state index >= 15 is 0 Å². The Morgan fingerprint density at radius 2 is 1.73 bits per heavy atom. The SMILES string of the molecule is COc1ccccc1C(=O)NCc1c(C(=O)O)n(-c2ccccc2)c2cc(Cl)ccc2c1=O. The van der Waals surface area contributed by atoms with Gasteiger partial charge in [0.05, 0.1) is 23.8 Å². The van der Waals surface area contributed by atoms with E-state index in [4.69, 9.17) is 16.3 Å². The third kappa shape index (κ3) is 4.18. The Hall–Kier alpha value is -4.10. The summed E-state index contributed by atoms with van der Waals surface area (Å²) in [5.41, 5.74) is 0.375. The Balaban J connectivity index is 1.90. The van der Waals surface area contributed by atoms with Gasteiger partial charge in [0.15, 0.2) is 5.43 Å². The summed E-state index contributed by atoms with van der Waals surface area (Å²) in [6, 6.07) is 20.1. The predicted molar refractivity (Wildman–Crippen MR) is 126 cm³/mol. The van der Waals surface area contributed by atoms with Crippen molar-refractivity contribution in [3.05, 3.63) is 105 Å². The third-order valence-electron chi connectivity index (χ3n) is 5.22. The van der Waals surface area contributed by atoms with E-state index in [-0.39, 0.29) is 28.8 Å². The van der Waals surface area contributed by atoms with E-state index in [1.165, 1.54) is 11.7 Å². The molecule has 8 heteroatoms. The molecule has 33 heavy (non-hydrogen) atoms. The highest BCUT2D eigenvalue weighted by Gasteiger charge is 2.24. The number of aromatic nitrogens is 1. The summed E-state index contributed by atoms with van der Waals surface area (Å²) >= 11 is 6.17. The molecule has 4 aromatic rings. The second-order valence-electron chi connectivity index (χ2n) is 7.18. The van der Waals surface area contributed by atoms with Crippen LogP contribution in [0.2, 0.25) is 5.02 Å². The lowest BCUT2D eigenvalue weighted by atomic mass is 10.1. The Morgan fingerprint density at radius 3 is 2.42 bits per heavy atom. The van der Waals surface area contributed by atoms with Crippen LogP contribution in [0.15, 0.2) is 77.6 Å². The first-order valence-corrected chi connectivity index (χ1v) is 10.4. The van der Waals surface area contributed by atoms with Crippen LogP contribution in [0.4, 0.5) is 0 Å². The number of nitrogens with zero attached hydrogens (tertiary/aromatic N) is 1. The minimum absolute atomic E-state index is 0.0515. The molecule has 0 spiro atoms. The molecule has 0 aliphatic heterocycles. The van der Waals surface area contributed by atoms with Gasteiger partial charge >= 0.3 is 5.97 Å². The molecule has 0 aliphatic rings. The molecule has 2 N–H and O–H groups in total. The zero-order chi connectivity index (χ0) is 23.5. The fourth-order valence-electron chi connectivity index (χ4n) is 3.74. The van der Waals surface area contributed by atoms with Crippen molar-refractivity contribution in [1.29, 1.82) is 0 Å². The van der Waals surface area contributed by atoms with Gasteiger partial charge in [-0.25, -0.2) is 4.79 Å². The number of rotatable bonds is 6. The van der Waals surface area contributed by atoms with Gasteiger partial charge in [0, 0.05) is 22.6 Å². The maximum Gasteiger partial charge on any atom is 0.353 e. The Kier molecular flexibility index (Phi) is 6.15. The first-order valence-electron chi connectivity index (χ1n) is 9.99. The standard InChI is InChI=1S/C25H19ClN2O5/c1-33-21-10-6-5-9-18(21)24(30)27-14-19-22(25(31)32)28(16-7-3-2-4-8-16)20-13-15(26)11-12-17(20)23(19)29/h2-13H,14H2,1H3,(H,27,30)(H,31,32). The number of halogens is 1. The molecule has 166 valence electrons. The summed E-state index contributed by atoms with van der Waals surface area (Å²) in [5.74, 6) is -1.44. The largest absolute Gasteiger partial charge is 0.496 e. The summed E-state index contributed by atoms with van der Waals surface area (Å²) in [6.45, 7) is -0.289. The van der Waals surface area contributed by atoms with Gasteiger partial charge in [-0.2, -0.15) is 0 Å². The Labute approximate surface area is 193 Å². The number of hydrogen-bond donors (Lipinski definition) is 2. The van der Waals surface area contributed by atoms with Crippen LogP contribution in [0, 0.1) is 0 Å². The average molecular weight is 463 g/mol. The number of fused-ring (bicyclic) bond motifs is 1. The van der Waals surface area contributed by atoms with Crippen LogP contribution in [0.3, 0.4) is 0 Å². The molecule has 3 aromatic carbocycles. The highest BCUT2D eigenvalue weighted by Crippen LogP contribution is 2.25. The van der Waals surface area contributed by atoms with Crippen molar-refractivity contribution in [2.45, 2.75) is 6.54 Å². The molecular formula is C25H19ClN2O5. The molecule has 0 atom stereocenters. The molecule has 4 rings (SSSR count). The molecule has 1 heterocycles. The molecular weight excluding hydrogens is 444 g/mol. The van der Waals surface area contributed by atoms with Gasteiger partial charge in [0.2, 0.25) is 0 Å². The number of hydrogen-bond acceptors (Lipinski definition) is 4. The monoisotopic (exact) mass is 462 g/mol. The molecule has 0 saturated carbocycles. The average Bonchev–Trinajstić information content (AvgIpc) is 2.83. The van der Waals surface area contributed by atoms with Crippen LogP contribution in [-0.4, -0.2) is 28.7 Å². The van der Waals surface area contributed by atoms with Gasteiger partial charge in [-0.15, -0.1) is 0 Å². The lowest BCUT2D eigenvalue weighted by molar-refractivity contribution is 0.0685. The number of methoxy groups -OCH3 is 1. The maximum absolute atomic E-state index is 13.3. The summed E-state index contributed by atoms with van der Waals surface area (Å²) in [7, 11) is 1.45. The van der Waals surface area contributed by atoms with Crippen LogP contribution >= 0.6 is 11.6 Å². The van der Waals surface area contributed by atoms with E-state index in [2.05, 4.69) is 5.32 Å². The van der Waals surface area contributed by atoms with Crippen LogP contribution < -0.4 is 15.5 Å². The maximum atomic E-state index is 13.3. The van der Waals surface area contributed by atoms with Crippen molar-refractivity contribution >= 4 is 34.4 Å². The Morgan fingerprint density at radius 1 is 1.03 bits per heavy atom. The zero-order valence-electron chi connectivity index (χ0n) is 17.5. The molecule has 7 nitrogen and oxygen atoms in total. The topological polar surface area (TPSA) is 97.6 Å². The number of carboxylic acids is 1. The van der Waals surface area contributed by atoms with Crippen LogP contribution in [0.5, 0.6) is 5.75 Å². The summed E-state index contributed by atoms with van der Waals surface area (Å²) in [6.07, 6.45) is 0. The highest BCUT2D eigenvalue weighted by atomic mass is 35.5. The number of carboxylic acid groups (broad SMARTS) is 1. The fraction of sp³-hybridized carbons (Fsp3) is 0.0800. The second kappa shape index (κ2) is 9.18. The number of pyridine rings is 1. The summed E-state index contributed by atoms with van der Waals surface area (Å²) < 4.78 is 6.68. The van der Waals surface area contributed by atoms with Gasteiger partial charge < -0.3 is 19.7 Å².